The van der Waals surface area contributed by atoms with E-state index in [1.807, 2.05) is 24.3 Å². The van der Waals surface area contributed by atoms with Crippen molar-refractivity contribution in [2.45, 2.75) is 126 Å². The Bertz CT molecular complexity index is 896. The largest absolute Gasteiger partial charge is 0.508 e. The van der Waals surface area contributed by atoms with Crippen molar-refractivity contribution in [2.75, 3.05) is 0 Å². The minimum atomic E-state index is 0.228. The Morgan fingerprint density at radius 3 is 1.27 bits per heavy atom. The summed E-state index contributed by atoms with van der Waals surface area (Å²) >= 11 is 0. The highest BCUT2D eigenvalue weighted by Gasteiger charge is 2.29. The molecule has 2 aromatic carbocycles. The number of aromatic hydroxyl groups is 2. The van der Waals surface area contributed by atoms with Crippen molar-refractivity contribution in [3.05, 3.63) is 58.7 Å². The minimum absolute atomic E-state index is 0.228. The molecule has 2 nitrogen and oxygen atoms in total. The fraction of sp³-hybridized carbons (Fsp3) is 0.657. The summed E-state index contributed by atoms with van der Waals surface area (Å²) in [5, 5.41) is 22.3. The van der Waals surface area contributed by atoms with Gasteiger partial charge in [-0.3, -0.25) is 0 Å². The van der Waals surface area contributed by atoms with Gasteiger partial charge in [-0.25, -0.2) is 0 Å². The van der Waals surface area contributed by atoms with Crippen LogP contribution in [-0.2, 0) is 6.42 Å². The molecular formula is C35H56O2. The zero-order chi connectivity index (χ0) is 28.0. The quantitative estimate of drug-likeness (QED) is 0.299. The molecule has 0 saturated carbocycles. The third-order valence-corrected chi connectivity index (χ3v) is 9.05. The average Bonchev–Trinajstić information content (AvgIpc) is 2.77. The van der Waals surface area contributed by atoms with E-state index in [0.29, 0.717) is 35.2 Å². The smallest absolute Gasteiger partial charge is 0.119 e. The molecule has 2 aromatic rings. The number of rotatable bonds is 12. The molecule has 208 valence electrons. The van der Waals surface area contributed by atoms with E-state index in [1.54, 1.807) is 0 Å². The lowest BCUT2D eigenvalue weighted by molar-refractivity contribution is 0.228. The van der Waals surface area contributed by atoms with Gasteiger partial charge in [-0.05, 0) is 89.9 Å². The van der Waals surface area contributed by atoms with Gasteiger partial charge in [-0.2, -0.15) is 0 Å². The zero-order valence-electron chi connectivity index (χ0n) is 25.6. The van der Waals surface area contributed by atoms with Crippen molar-refractivity contribution in [3.8, 4) is 11.5 Å². The van der Waals surface area contributed by atoms with Crippen LogP contribution < -0.4 is 0 Å². The maximum absolute atomic E-state index is 11.2. The molecule has 0 aromatic heterocycles. The second kappa shape index (κ2) is 13.2. The van der Waals surface area contributed by atoms with E-state index in [1.165, 1.54) is 11.1 Å². The van der Waals surface area contributed by atoms with Gasteiger partial charge in [0.25, 0.3) is 0 Å². The summed E-state index contributed by atoms with van der Waals surface area (Å²) in [5.41, 5.74) is 5.09. The molecule has 4 unspecified atom stereocenters. The molecule has 0 saturated heterocycles. The summed E-state index contributed by atoms with van der Waals surface area (Å²) in [7, 11) is 0. The summed E-state index contributed by atoms with van der Waals surface area (Å²) < 4.78 is 0. The Labute approximate surface area is 228 Å². The van der Waals surface area contributed by atoms with Crippen LogP contribution in [0.4, 0.5) is 0 Å². The topological polar surface area (TPSA) is 40.5 Å². The summed E-state index contributed by atoms with van der Waals surface area (Å²) in [5.74, 6) is 2.57. The molecule has 2 N–H and O–H groups in total. The SMILES string of the molecule is CCCC(CC(C)C(C)(C)C)c1c(O)cccc1Cc1cccc(O)c1C(CCC)CC(C)C(C)(C)C. The van der Waals surface area contributed by atoms with Crippen molar-refractivity contribution in [3.63, 3.8) is 0 Å². The first-order chi connectivity index (χ1) is 17.2. The number of phenols is 2. The molecule has 0 amide bonds. The standard InChI is InChI=1S/C35H56O2/c1-11-15-26(21-24(3)34(5,6)7)32-28(17-13-19-30(32)36)23-29-18-14-20-31(37)33(29)27(16-12-2)22-25(4)35(8,9)10/h13-14,17-20,24-27,36-37H,11-12,15-16,21-23H2,1-10H3. The van der Waals surface area contributed by atoms with Crippen molar-refractivity contribution >= 4 is 0 Å². The minimum Gasteiger partial charge on any atom is -0.508 e. The van der Waals surface area contributed by atoms with Crippen LogP contribution in [-0.4, -0.2) is 10.2 Å². The molecule has 0 aliphatic carbocycles. The second-order valence-corrected chi connectivity index (χ2v) is 13.9. The predicted octanol–water partition coefficient (Wildman–Crippen LogP) is 10.6. The number of hydrogen-bond acceptors (Lipinski definition) is 2. The molecule has 2 rings (SSSR count). The Kier molecular flexibility index (Phi) is 11.2. The second-order valence-electron chi connectivity index (χ2n) is 13.9. The monoisotopic (exact) mass is 508 g/mol. The van der Waals surface area contributed by atoms with E-state index in [0.717, 1.165) is 56.1 Å². The van der Waals surface area contributed by atoms with Crippen LogP contribution in [0.15, 0.2) is 36.4 Å². The molecule has 0 fully saturated rings. The van der Waals surface area contributed by atoms with Crippen LogP contribution in [0.1, 0.15) is 142 Å². The average molecular weight is 509 g/mol. The zero-order valence-corrected chi connectivity index (χ0v) is 25.6. The van der Waals surface area contributed by atoms with Crippen molar-refractivity contribution in [2.24, 2.45) is 22.7 Å². The van der Waals surface area contributed by atoms with E-state index in [9.17, 15) is 10.2 Å². The normalized spacial score (nSPS) is 15.8. The summed E-state index contributed by atoms with van der Waals surface area (Å²) in [6.07, 6.45) is 7.19. The third-order valence-electron chi connectivity index (χ3n) is 9.05. The van der Waals surface area contributed by atoms with Crippen LogP contribution in [0.2, 0.25) is 0 Å². The first kappa shape index (κ1) is 31.3. The van der Waals surface area contributed by atoms with Crippen LogP contribution in [0.3, 0.4) is 0 Å². The first-order valence-corrected chi connectivity index (χ1v) is 14.8. The van der Waals surface area contributed by atoms with Crippen LogP contribution in [0.25, 0.3) is 0 Å². The highest BCUT2D eigenvalue weighted by Crippen LogP contribution is 2.44. The lowest BCUT2D eigenvalue weighted by Crippen LogP contribution is -2.21. The van der Waals surface area contributed by atoms with Gasteiger partial charge in [0.2, 0.25) is 0 Å². The highest BCUT2D eigenvalue weighted by atomic mass is 16.3. The molecule has 0 radical (unpaired) electrons. The lowest BCUT2D eigenvalue weighted by Gasteiger charge is -2.33. The molecule has 37 heavy (non-hydrogen) atoms. The summed E-state index contributed by atoms with van der Waals surface area (Å²) in [4.78, 5) is 0. The maximum atomic E-state index is 11.2. The predicted molar refractivity (Wildman–Crippen MR) is 161 cm³/mol. The van der Waals surface area contributed by atoms with Crippen molar-refractivity contribution in [1.82, 2.24) is 0 Å². The highest BCUT2D eigenvalue weighted by molar-refractivity contribution is 5.49. The Morgan fingerprint density at radius 1 is 0.622 bits per heavy atom. The first-order valence-electron chi connectivity index (χ1n) is 14.8. The molecular weight excluding hydrogens is 452 g/mol. The van der Waals surface area contributed by atoms with E-state index in [4.69, 9.17) is 0 Å². The van der Waals surface area contributed by atoms with Gasteiger partial charge in [0.05, 0.1) is 0 Å². The van der Waals surface area contributed by atoms with Crippen LogP contribution in [0.5, 0.6) is 11.5 Å². The third kappa shape index (κ3) is 8.52. The van der Waals surface area contributed by atoms with Gasteiger partial charge in [0, 0.05) is 11.1 Å². The summed E-state index contributed by atoms with van der Waals surface area (Å²) in [6.45, 7) is 23.1. The van der Waals surface area contributed by atoms with Crippen LogP contribution in [0, 0.1) is 22.7 Å². The molecule has 2 heteroatoms. The van der Waals surface area contributed by atoms with Crippen molar-refractivity contribution < 1.29 is 10.2 Å². The van der Waals surface area contributed by atoms with Gasteiger partial charge in [-0.1, -0.05) is 106 Å². The molecule has 0 bridgehead atoms. The Morgan fingerprint density at radius 2 is 0.973 bits per heavy atom. The maximum Gasteiger partial charge on any atom is 0.119 e. The molecule has 0 aliphatic heterocycles. The van der Waals surface area contributed by atoms with Gasteiger partial charge in [0.1, 0.15) is 11.5 Å². The lowest BCUT2D eigenvalue weighted by atomic mass is 9.72. The van der Waals surface area contributed by atoms with Gasteiger partial charge in [0.15, 0.2) is 0 Å². The van der Waals surface area contributed by atoms with Gasteiger partial charge < -0.3 is 10.2 Å². The summed E-state index contributed by atoms with van der Waals surface area (Å²) in [6, 6.07) is 12.1. The number of phenolic OH excluding ortho intramolecular Hbond substituents is 2. The van der Waals surface area contributed by atoms with Gasteiger partial charge in [-0.15, -0.1) is 0 Å². The van der Waals surface area contributed by atoms with E-state index in [-0.39, 0.29) is 10.8 Å². The van der Waals surface area contributed by atoms with Crippen molar-refractivity contribution in [1.29, 1.82) is 0 Å². The van der Waals surface area contributed by atoms with Crippen LogP contribution >= 0.6 is 0 Å². The molecule has 0 heterocycles. The van der Waals surface area contributed by atoms with E-state index >= 15 is 0 Å². The molecule has 4 atom stereocenters. The van der Waals surface area contributed by atoms with E-state index in [2.05, 4.69) is 81.4 Å². The number of hydrogen-bond donors (Lipinski definition) is 2. The molecule has 0 spiro atoms. The fourth-order valence-electron chi connectivity index (χ4n) is 5.67. The Balaban J connectivity index is 2.55. The molecule has 0 aliphatic rings. The van der Waals surface area contributed by atoms with Gasteiger partial charge >= 0.3 is 0 Å². The Hall–Kier alpha value is -1.96. The van der Waals surface area contributed by atoms with E-state index < -0.39 is 0 Å². The fourth-order valence-corrected chi connectivity index (χ4v) is 5.67. The number of benzene rings is 2.